The maximum Gasteiger partial charge on any atom is -0.0106 e. The number of hydrogen-bond donors (Lipinski definition) is 0. The normalized spacial score (nSPS) is 11.5. The summed E-state index contributed by atoms with van der Waals surface area (Å²) in [5.41, 5.74) is 1.34. The molecule has 0 bridgehead atoms. The van der Waals surface area contributed by atoms with Crippen molar-refractivity contribution in [3.05, 3.63) is 29.8 Å². The maximum atomic E-state index is 2.32. The fraction of sp³-hybridized carbons (Fsp3) is 0.500. The maximum absolute atomic E-state index is 2.32. The van der Waals surface area contributed by atoms with E-state index in [4.69, 9.17) is 0 Å². The Balaban J connectivity index is 0.000000671. The summed E-state index contributed by atoms with van der Waals surface area (Å²) in [5, 5.41) is 0. The smallest absolute Gasteiger partial charge is 0.0106 e. The molecule has 13 heavy (non-hydrogen) atoms. The van der Waals surface area contributed by atoms with E-state index in [0.717, 1.165) is 0 Å². The molecular formula is C12H22S. The third kappa shape index (κ3) is 4.37. The van der Waals surface area contributed by atoms with Gasteiger partial charge in [-0.15, -0.1) is 0 Å². The molecule has 0 unspecified atom stereocenters. The average molecular weight is 198 g/mol. The van der Waals surface area contributed by atoms with Crippen molar-refractivity contribution in [2.45, 2.75) is 25.7 Å². The molecule has 1 rings (SSSR count). The summed E-state index contributed by atoms with van der Waals surface area (Å²) in [6.45, 7) is 6.13. The molecule has 0 aliphatic rings. The van der Waals surface area contributed by atoms with Crippen molar-refractivity contribution in [2.24, 2.45) is 0 Å². The van der Waals surface area contributed by atoms with Crippen molar-refractivity contribution in [3.8, 4) is 0 Å². The van der Waals surface area contributed by atoms with Crippen molar-refractivity contribution < 1.29 is 0 Å². The zero-order valence-corrected chi connectivity index (χ0v) is 10.5. The first-order valence-corrected chi connectivity index (χ1v) is 7.61. The van der Waals surface area contributed by atoms with E-state index >= 15 is 0 Å². The summed E-state index contributed by atoms with van der Waals surface area (Å²) in [5.74, 6) is 0. The SMILES string of the molecule is CC.Cc1ccc(S(C)(C)C)cc1. The molecule has 0 aliphatic heterocycles. The minimum absolute atomic E-state index is 0.520. The zero-order chi connectivity index (χ0) is 10.5. The van der Waals surface area contributed by atoms with E-state index in [1.165, 1.54) is 10.5 Å². The molecule has 0 atom stereocenters. The van der Waals surface area contributed by atoms with Gasteiger partial charge in [-0.2, -0.15) is 0 Å². The van der Waals surface area contributed by atoms with Gasteiger partial charge in [-0.25, -0.2) is 10.0 Å². The summed E-state index contributed by atoms with van der Waals surface area (Å²) in [6, 6.07) is 8.86. The van der Waals surface area contributed by atoms with Crippen molar-refractivity contribution in [2.75, 3.05) is 18.8 Å². The van der Waals surface area contributed by atoms with Gasteiger partial charge in [-0.1, -0.05) is 31.5 Å². The van der Waals surface area contributed by atoms with E-state index in [1.54, 1.807) is 0 Å². The molecule has 0 aromatic heterocycles. The van der Waals surface area contributed by atoms with Crippen molar-refractivity contribution in [1.82, 2.24) is 0 Å². The Kier molecular flexibility index (Phi) is 5.16. The Morgan fingerprint density at radius 3 is 1.54 bits per heavy atom. The van der Waals surface area contributed by atoms with Crippen LogP contribution in [0.3, 0.4) is 0 Å². The first-order chi connectivity index (χ1) is 6.00. The number of hydrogen-bond acceptors (Lipinski definition) is 0. The van der Waals surface area contributed by atoms with Crippen LogP contribution in [0.15, 0.2) is 29.2 Å². The first kappa shape index (κ1) is 12.6. The molecule has 0 saturated heterocycles. The highest BCUT2D eigenvalue weighted by molar-refractivity contribution is 8.32. The second kappa shape index (κ2) is 5.33. The average Bonchev–Trinajstić information content (AvgIpc) is 2.07. The van der Waals surface area contributed by atoms with Gasteiger partial charge in [-0.05, 0) is 42.7 Å². The van der Waals surface area contributed by atoms with E-state index in [2.05, 4.69) is 50.0 Å². The molecule has 0 N–H and O–H groups in total. The van der Waals surface area contributed by atoms with Crippen LogP contribution in [-0.4, -0.2) is 18.8 Å². The van der Waals surface area contributed by atoms with E-state index in [1.807, 2.05) is 13.8 Å². The third-order valence-corrected chi connectivity index (χ3v) is 3.41. The lowest BCUT2D eigenvalue weighted by Crippen LogP contribution is -1.91. The summed E-state index contributed by atoms with van der Waals surface area (Å²) < 4.78 is 0. The number of rotatable bonds is 1. The van der Waals surface area contributed by atoms with Crippen molar-refractivity contribution in [1.29, 1.82) is 0 Å². The van der Waals surface area contributed by atoms with Gasteiger partial charge < -0.3 is 0 Å². The van der Waals surface area contributed by atoms with Crippen LogP contribution < -0.4 is 0 Å². The van der Waals surface area contributed by atoms with Crippen molar-refractivity contribution >= 4 is 10.0 Å². The fourth-order valence-electron chi connectivity index (χ4n) is 0.947. The Bertz CT molecular complexity index is 228. The number of benzene rings is 1. The highest BCUT2D eigenvalue weighted by atomic mass is 32.3. The van der Waals surface area contributed by atoms with E-state index in [0.29, 0.717) is 0 Å². The monoisotopic (exact) mass is 198 g/mol. The van der Waals surface area contributed by atoms with Gasteiger partial charge in [-0.3, -0.25) is 0 Å². The van der Waals surface area contributed by atoms with Crippen LogP contribution >= 0.6 is 10.0 Å². The molecule has 0 spiro atoms. The molecule has 0 fully saturated rings. The van der Waals surface area contributed by atoms with Gasteiger partial charge in [0.25, 0.3) is 0 Å². The van der Waals surface area contributed by atoms with Crippen LogP contribution in [0.5, 0.6) is 0 Å². The highest BCUT2D eigenvalue weighted by Crippen LogP contribution is 2.44. The van der Waals surface area contributed by atoms with Gasteiger partial charge in [0.15, 0.2) is 0 Å². The van der Waals surface area contributed by atoms with Gasteiger partial charge in [0.2, 0.25) is 0 Å². The van der Waals surface area contributed by atoms with E-state index in [-0.39, 0.29) is 0 Å². The molecule has 1 aromatic rings. The van der Waals surface area contributed by atoms with E-state index in [9.17, 15) is 0 Å². The molecular weight excluding hydrogens is 176 g/mol. The van der Waals surface area contributed by atoms with Crippen LogP contribution in [0.25, 0.3) is 0 Å². The lowest BCUT2D eigenvalue weighted by Gasteiger charge is -2.25. The highest BCUT2D eigenvalue weighted by Gasteiger charge is 2.05. The van der Waals surface area contributed by atoms with Gasteiger partial charge in [0.1, 0.15) is 0 Å². The second-order valence-electron chi connectivity index (χ2n) is 3.65. The predicted molar refractivity (Wildman–Crippen MR) is 66.2 cm³/mol. The van der Waals surface area contributed by atoms with Crippen LogP contribution in [0, 0.1) is 6.92 Å². The molecule has 1 aromatic carbocycles. The fourth-order valence-corrected chi connectivity index (χ4v) is 1.90. The molecule has 0 amide bonds. The summed E-state index contributed by atoms with van der Waals surface area (Å²) in [7, 11) is -0.520. The summed E-state index contributed by atoms with van der Waals surface area (Å²) >= 11 is 0. The summed E-state index contributed by atoms with van der Waals surface area (Å²) in [6.07, 6.45) is 6.95. The van der Waals surface area contributed by atoms with Crippen molar-refractivity contribution in [3.63, 3.8) is 0 Å². The van der Waals surface area contributed by atoms with Gasteiger partial charge >= 0.3 is 0 Å². The van der Waals surface area contributed by atoms with Crippen LogP contribution in [0.1, 0.15) is 19.4 Å². The topological polar surface area (TPSA) is 0 Å². The zero-order valence-electron chi connectivity index (χ0n) is 9.72. The molecule has 0 saturated carbocycles. The van der Waals surface area contributed by atoms with E-state index < -0.39 is 10.0 Å². The summed E-state index contributed by atoms with van der Waals surface area (Å²) in [4.78, 5) is 1.49. The van der Waals surface area contributed by atoms with Crippen LogP contribution in [0.4, 0.5) is 0 Å². The Labute approximate surface area is 84.7 Å². The van der Waals surface area contributed by atoms with Gasteiger partial charge in [0.05, 0.1) is 0 Å². The molecule has 0 heterocycles. The quantitative estimate of drug-likeness (QED) is 0.638. The third-order valence-electron chi connectivity index (χ3n) is 1.73. The van der Waals surface area contributed by atoms with Gasteiger partial charge in [0, 0.05) is 0 Å². The van der Waals surface area contributed by atoms with Crippen LogP contribution in [0.2, 0.25) is 0 Å². The molecule has 0 aliphatic carbocycles. The minimum atomic E-state index is -0.520. The molecule has 0 nitrogen and oxygen atoms in total. The Morgan fingerprint density at radius 1 is 0.846 bits per heavy atom. The molecule has 1 heteroatoms. The largest absolute Gasteiger partial charge is 0.223 e. The number of aryl methyl sites for hydroxylation is 1. The predicted octanol–water partition coefficient (Wildman–Crippen LogP) is 4.07. The molecule has 76 valence electrons. The standard InChI is InChI=1S/C10H16S.C2H6/c1-9-5-7-10(8-6-9)11(2,3)4;1-2/h5-8H,1-4H3;1-2H3. The van der Waals surface area contributed by atoms with Crippen LogP contribution in [-0.2, 0) is 0 Å². The lowest BCUT2D eigenvalue weighted by molar-refractivity contribution is 1.36. The minimum Gasteiger partial charge on any atom is -0.223 e. The Hall–Kier alpha value is -0.430. The molecule has 0 radical (unpaired) electrons. The lowest BCUT2D eigenvalue weighted by atomic mass is 10.2. The Morgan fingerprint density at radius 2 is 1.23 bits per heavy atom. The first-order valence-electron chi connectivity index (χ1n) is 4.75. The second-order valence-corrected chi connectivity index (χ2v) is 7.80.